The minimum Gasteiger partial charge on any atom is -0.402 e. The molecule has 4 heteroatoms. The van der Waals surface area contributed by atoms with Gasteiger partial charge in [-0.2, -0.15) is 0 Å². The lowest BCUT2D eigenvalue weighted by atomic mass is 9.87. The molecule has 0 bridgehead atoms. The molecule has 1 aromatic heterocycles. The predicted octanol–water partition coefficient (Wildman–Crippen LogP) is 4.39. The number of benzene rings is 1. The fourth-order valence-electron chi connectivity index (χ4n) is 2.15. The molecule has 1 aliphatic rings. The maximum atomic E-state index is 11.9. The van der Waals surface area contributed by atoms with E-state index in [1.807, 2.05) is 41.8 Å². The second-order valence-corrected chi connectivity index (χ2v) is 7.16. The van der Waals surface area contributed by atoms with Crippen LogP contribution in [0.5, 0.6) is 0 Å². The fourth-order valence-corrected chi connectivity index (χ4v) is 2.80. The summed E-state index contributed by atoms with van der Waals surface area (Å²) in [7, 11) is 0. The highest BCUT2D eigenvalue weighted by atomic mass is 32.1. The van der Waals surface area contributed by atoms with Crippen LogP contribution in [0.3, 0.4) is 0 Å². The quantitative estimate of drug-likeness (QED) is 0.609. The van der Waals surface area contributed by atoms with Gasteiger partial charge in [0.2, 0.25) is 5.90 Å². The highest BCUT2D eigenvalue weighted by Gasteiger charge is 2.24. The maximum absolute atomic E-state index is 11.9. The molecule has 0 N–H and O–H groups in total. The number of esters is 1. The minimum atomic E-state index is -0.400. The molecule has 1 aromatic carbocycles. The summed E-state index contributed by atoms with van der Waals surface area (Å²) in [6.45, 7) is 6.49. The van der Waals surface area contributed by atoms with E-state index in [0.29, 0.717) is 11.6 Å². The first-order valence-corrected chi connectivity index (χ1v) is 7.98. The van der Waals surface area contributed by atoms with E-state index in [9.17, 15) is 4.79 Å². The Balaban J connectivity index is 1.88. The Hall–Kier alpha value is -2.20. The first kappa shape index (κ1) is 14.7. The Bertz CT molecular complexity index is 747. The molecule has 3 nitrogen and oxygen atoms in total. The summed E-state index contributed by atoms with van der Waals surface area (Å²) < 4.78 is 5.28. The van der Waals surface area contributed by atoms with Crippen LogP contribution in [0.2, 0.25) is 0 Å². The van der Waals surface area contributed by atoms with Gasteiger partial charge in [-0.25, -0.2) is 9.79 Å². The fraction of sp³-hybridized carbons (Fsp3) is 0.222. The molecule has 0 amide bonds. The highest BCUT2D eigenvalue weighted by molar-refractivity contribution is 7.10. The van der Waals surface area contributed by atoms with Gasteiger partial charge in [-0.1, -0.05) is 39.0 Å². The highest BCUT2D eigenvalue weighted by Crippen LogP contribution is 2.24. The van der Waals surface area contributed by atoms with Gasteiger partial charge in [0.25, 0.3) is 0 Å². The van der Waals surface area contributed by atoms with Crippen molar-refractivity contribution < 1.29 is 9.53 Å². The number of rotatable bonds is 2. The Morgan fingerprint density at radius 3 is 2.45 bits per heavy atom. The van der Waals surface area contributed by atoms with E-state index in [-0.39, 0.29) is 5.41 Å². The van der Waals surface area contributed by atoms with Crippen molar-refractivity contribution >= 4 is 29.3 Å². The summed E-state index contributed by atoms with van der Waals surface area (Å²) in [5.74, 6) is -0.0310. The van der Waals surface area contributed by atoms with Gasteiger partial charge in [-0.05, 0) is 40.6 Å². The number of thiophene rings is 1. The molecule has 0 saturated heterocycles. The maximum Gasteiger partial charge on any atom is 0.363 e. The average molecular weight is 311 g/mol. The first-order valence-electron chi connectivity index (χ1n) is 7.10. The summed E-state index contributed by atoms with van der Waals surface area (Å²) in [5.41, 5.74) is 2.49. The largest absolute Gasteiger partial charge is 0.402 e. The van der Waals surface area contributed by atoms with Crippen LogP contribution >= 0.6 is 11.3 Å². The van der Waals surface area contributed by atoms with Crippen LogP contribution in [0.4, 0.5) is 0 Å². The van der Waals surface area contributed by atoms with Gasteiger partial charge in [-0.3, -0.25) is 0 Å². The molecule has 0 aliphatic carbocycles. The Morgan fingerprint density at radius 1 is 1.14 bits per heavy atom. The van der Waals surface area contributed by atoms with Crippen LogP contribution in [0, 0.1) is 0 Å². The number of carbonyl (C=O) groups is 1. The Kier molecular flexibility index (Phi) is 3.71. The molecule has 112 valence electrons. The molecular weight excluding hydrogens is 294 g/mol. The van der Waals surface area contributed by atoms with Crippen LogP contribution in [0.25, 0.3) is 6.08 Å². The van der Waals surface area contributed by atoms with Gasteiger partial charge in [0.1, 0.15) is 0 Å². The number of carbonyl (C=O) groups excluding carboxylic acids is 1. The zero-order chi connectivity index (χ0) is 15.7. The van der Waals surface area contributed by atoms with Crippen molar-refractivity contribution in [1.82, 2.24) is 0 Å². The zero-order valence-corrected chi connectivity index (χ0v) is 13.6. The van der Waals surface area contributed by atoms with Crippen molar-refractivity contribution in [1.29, 1.82) is 0 Å². The molecule has 0 fully saturated rings. The van der Waals surface area contributed by atoms with Gasteiger partial charge >= 0.3 is 5.97 Å². The normalized spacial score (nSPS) is 16.8. The minimum absolute atomic E-state index is 0.0942. The van der Waals surface area contributed by atoms with E-state index in [1.54, 1.807) is 17.4 Å². The summed E-state index contributed by atoms with van der Waals surface area (Å²) in [4.78, 5) is 17.2. The smallest absolute Gasteiger partial charge is 0.363 e. The van der Waals surface area contributed by atoms with Crippen molar-refractivity contribution in [3.63, 3.8) is 0 Å². The van der Waals surface area contributed by atoms with Crippen molar-refractivity contribution in [2.24, 2.45) is 4.99 Å². The average Bonchev–Trinajstić information content (AvgIpc) is 3.09. The van der Waals surface area contributed by atoms with Crippen molar-refractivity contribution in [2.75, 3.05) is 0 Å². The van der Waals surface area contributed by atoms with E-state index in [2.05, 4.69) is 25.8 Å². The predicted molar refractivity (Wildman–Crippen MR) is 90.1 cm³/mol. The third kappa shape index (κ3) is 3.02. The summed E-state index contributed by atoms with van der Waals surface area (Å²) in [6.07, 6.45) is 1.75. The third-order valence-corrected chi connectivity index (χ3v) is 4.26. The molecule has 0 spiro atoms. The van der Waals surface area contributed by atoms with E-state index >= 15 is 0 Å². The number of hydrogen-bond donors (Lipinski definition) is 0. The molecule has 0 unspecified atom stereocenters. The lowest BCUT2D eigenvalue weighted by Gasteiger charge is -2.18. The summed E-state index contributed by atoms with van der Waals surface area (Å²) in [5, 5.41) is 1.96. The molecule has 0 atom stereocenters. The second kappa shape index (κ2) is 5.54. The van der Waals surface area contributed by atoms with Crippen LogP contribution < -0.4 is 0 Å². The topological polar surface area (TPSA) is 38.7 Å². The standard InChI is InChI=1S/C18H17NO2S/c1-18(2,3)13-8-6-12(7-9-13)16-19-15(17(20)21-16)11-14-5-4-10-22-14/h4-11H,1-3H3. The molecule has 22 heavy (non-hydrogen) atoms. The number of nitrogens with zero attached hydrogens (tertiary/aromatic N) is 1. The Labute approximate surface area is 134 Å². The summed E-state index contributed by atoms with van der Waals surface area (Å²) >= 11 is 1.56. The van der Waals surface area contributed by atoms with Gasteiger partial charge in [0.05, 0.1) is 0 Å². The van der Waals surface area contributed by atoms with E-state index in [1.165, 1.54) is 5.56 Å². The third-order valence-electron chi connectivity index (χ3n) is 3.44. The van der Waals surface area contributed by atoms with Crippen LogP contribution in [-0.2, 0) is 14.9 Å². The van der Waals surface area contributed by atoms with E-state index in [0.717, 1.165) is 10.4 Å². The molecule has 2 heterocycles. The van der Waals surface area contributed by atoms with Crippen LogP contribution in [0.15, 0.2) is 52.5 Å². The molecular formula is C18H17NO2S. The number of cyclic esters (lactones) is 1. The summed E-state index contributed by atoms with van der Waals surface area (Å²) in [6, 6.07) is 11.9. The monoisotopic (exact) mass is 311 g/mol. The van der Waals surface area contributed by atoms with Crippen LogP contribution in [-0.4, -0.2) is 11.9 Å². The van der Waals surface area contributed by atoms with Gasteiger partial charge in [-0.15, -0.1) is 11.3 Å². The van der Waals surface area contributed by atoms with Crippen LogP contribution in [0.1, 0.15) is 36.8 Å². The molecule has 3 rings (SSSR count). The number of ether oxygens (including phenoxy) is 1. The van der Waals surface area contributed by atoms with Crippen molar-refractivity contribution in [2.45, 2.75) is 26.2 Å². The lowest BCUT2D eigenvalue weighted by molar-refractivity contribution is -0.129. The second-order valence-electron chi connectivity index (χ2n) is 6.18. The first-order chi connectivity index (χ1) is 10.4. The van der Waals surface area contributed by atoms with E-state index in [4.69, 9.17) is 4.74 Å². The van der Waals surface area contributed by atoms with Gasteiger partial charge in [0.15, 0.2) is 5.70 Å². The molecule has 2 aromatic rings. The molecule has 0 saturated carbocycles. The molecule has 1 aliphatic heterocycles. The lowest BCUT2D eigenvalue weighted by Crippen LogP contribution is -2.11. The van der Waals surface area contributed by atoms with Gasteiger partial charge in [0, 0.05) is 10.4 Å². The number of aliphatic imine (C=N–C) groups is 1. The molecule has 0 radical (unpaired) electrons. The Morgan fingerprint density at radius 2 is 1.86 bits per heavy atom. The van der Waals surface area contributed by atoms with E-state index < -0.39 is 5.97 Å². The zero-order valence-electron chi connectivity index (χ0n) is 12.8. The number of hydrogen-bond acceptors (Lipinski definition) is 4. The SMILES string of the molecule is CC(C)(C)c1ccc(C2=NC(=Cc3cccs3)C(=O)O2)cc1. The van der Waals surface area contributed by atoms with Crippen molar-refractivity contribution in [3.05, 3.63) is 63.5 Å². The van der Waals surface area contributed by atoms with Crippen molar-refractivity contribution in [3.8, 4) is 0 Å². The van der Waals surface area contributed by atoms with Gasteiger partial charge < -0.3 is 4.74 Å².